The number of methoxy groups -OCH3 is 1. The minimum absolute atomic E-state index is 0.252. The fourth-order valence-corrected chi connectivity index (χ4v) is 1.85. The van der Waals surface area contributed by atoms with Gasteiger partial charge in [-0.15, -0.1) is 0 Å². The number of fused-ring (bicyclic) bond motifs is 1. The first kappa shape index (κ1) is 10.8. The lowest BCUT2D eigenvalue weighted by molar-refractivity contribution is -0.144. The number of para-hydroxylation sites is 1. The summed E-state index contributed by atoms with van der Waals surface area (Å²) in [6.45, 7) is 0.274. The summed E-state index contributed by atoms with van der Waals surface area (Å²) in [7, 11) is 1.51. The minimum Gasteiger partial charge on any atom is -0.493 e. The van der Waals surface area contributed by atoms with Crippen molar-refractivity contribution in [3.05, 3.63) is 23.8 Å². The molecule has 5 heteroatoms. The Morgan fingerprint density at radius 1 is 1.62 bits per heavy atom. The van der Waals surface area contributed by atoms with Crippen LogP contribution < -0.4 is 15.2 Å². The molecule has 1 aromatic rings. The van der Waals surface area contributed by atoms with Crippen LogP contribution >= 0.6 is 0 Å². The van der Waals surface area contributed by atoms with Gasteiger partial charge in [0, 0.05) is 12.0 Å². The number of hydrogen-bond donors (Lipinski definition) is 2. The van der Waals surface area contributed by atoms with Crippen LogP contribution in [0.2, 0.25) is 0 Å². The van der Waals surface area contributed by atoms with Crippen molar-refractivity contribution in [3.63, 3.8) is 0 Å². The van der Waals surface area contributed by atoms with Gasteiger partial charge in [-0.3, -0.25) is 0 Å². The third kappa shape index (κ3) is 1.40. The molecule has 1 aliphatic rings. The molecule has 1 heterocycles. The summed E-state index contributed by atoms with van der Waals surface area (Å²) in [5, 5.41) is 9.19. The maximum atomic E-state index is 11.2. The lowest BCUT2D eigenvalue weighted by Gasteiger charge is -2.32. The van der Waals surface area contributed by atoms with E-state index in [1.165, 1.54) is 7.11 Å². The van der Waals surface area contributed by atoms with Gasteiger partial charge in [0.2, 0.25) is 0 Å². The molecular weight excluding hydrogens is 210 g/mol. The molecule has 0 saturated carbocycles. The second kappa shape index (κ2) is 3.68. The van der Waals surface area contributed by atoms with Crippen molar-refractivity contribution in [3.8, 4) is 11.5 Å². The van der Waals surface area contributed by atoms with Gasteiger partial charge in [0.15, 0.2) is 11.5 Å². The number of carboxylic acid groups (broad SMARTS) is 1. The molecule has 0 aliphatic carbocycles. The van der Waals surface area contributed by atoms with E-state index in [1.807, 2.05) is 0 Å². The Hall–Kier alpha value is -1.75. The summed E-state index contributed by atoms with van der Waals surface area (Å²) in [6.07, 6.45) is 0.252. The number of hydrogen-bond acceptors (Lipinski definition) is 4. The lowest BCUT2D eigenvalue weighted by atomic mass is 9.85. The SMILES string of the molecule is COc1cccc2c1OCCC2(N)C(=O)O. The van der Waals surface area contributed by atoms with Crippen molar-refractivity contribution in [1.82, 2.24) is 0 Å². The van der Waals surface area contributed by atoms with Gasteiger partial charge in [-0.2, -0.15) is 0 Å². The fraction of sp³-hybridized carbons (Fsp3) is 0.364. The Morgan fingerprint density at radius 3 is 3.00 bits per heavy atom. The Labute approximate surface area is 92.8 Å². The van der Waals surface area contributed by atoms with Crippen molar-refractivity contribution in [2.75, 3.05) is 13.7 Å². The molecule has 1 unspecified atom stereocenters. The highest BCUT2D eigenvalue weighted by Gasteiger charge is 2.42. The average Bonchev–Trinajstić information content (AvgIpc) is 2.28. The first-order chi connectivity index (χ1) is 7.59. The second-order valence-corrected chi connectivity index (χ2v) is 3.71. The third-order valence-electron chi connectivity index (χ3n) is 2.80. The first-order valence-corrected chi connectivity index (χ1v) is 4.92. The van der Waals surface area contributed by atoms with E-state index in [1.54, 1.807) is 18.2 Å². The number of nitrogens with two attached hydrogens (primary N) is 1. The van der Waals surface area contributed by atoms with E-state index in [2.05, 4.69) is 0 Å². The molecule has 0 amide bonds. The molecule has 16 heavy (non-hydrogen) atoms. The van der Waals surface area contributed by atoms with E-state index < -0.39 is 11.5 Å². The minimum atomic E-state index is -1.39. The predicted molar refractivity (Wildman–Crippen MR) is 56.6 cm³/mol. The van der Waals surface area contributed by atoms with Crippen LogP contribution in [0.3, 0.4) is 0 Å². The molecular formula is C11H13NO4. The van der Waals surface area contributed by atoms with Gasteiger partial charge in [0.05, 0.1) is 13.7 Å². The molecule has 5 nitrogen and oxygen atoms in total. The van der Waals surface area contributed by atoms with E-state index in [0.717, 1.165) is 0 Å². The molecule has 0 fully saturated rings. The summed E-state index contributed by atoms with van der Waals surface area (Å²) < 4.78 is 10.5. The van der Waals surface area contributed by atoms with E-state index in [4.69, 9.17) is 15.2 Å². The number of rotatable bonds is 2. The zero-order valence-corrected chi connectivity index (χ0v) is 8.90. The molecule has 1 aliphatic heterocycles. The Balaban J connectivity index is 2.59. The van der Waals surface area contributed by atoms with E-state index in [0.29, 0.717) is 17.1 Å². The van der Waals surface area contributed by atoms with Gasteiger partial charge in [0.25, 0.3) is 0 Å². The maximum Gasteiger partial charge on any atom is 0.328 e. The molecule has 1 aromatic carbocycles. The molecule has 1 atom stereocenters. The monoisotopic (exact) mass is 223 g/mol. The smallest absolute Gasteiger partial charge is 0.328 e. The number of carbonyl (C=O) groups is 1. The number of ether oxygens (including phenoxy) is 2. The summed E-state index contributed by atoms with van der Waals surface area (Å²) in [6, 6.07) is 5.08. The van der Waals surface area contributed by atoms with Crippen molar-refractivity contribution in [2.45, 2.75) is 12.0 Å². The Bertz CT molecular complexity index is 432. The third-order valence-corrected chi connectivity index (χ3v) is 2.80. The average molecular weight is 223 g/mol. The quantitative estimate of drug-likeness (QED) is 0.771. The number of benzene rings is 1. The topological polar surface area (TPSA) is 81.8 Å². The summed E-state index contributed by atoms with van der Waals surface area (Å²) in [5.74, 6) is -0.111. The van der Waals surface area contributed by atoms with Crippen molar-refractivity contribution in [1.29, 1.82) is 0 Å². The van der Waals surface area contributed by atoms with E-state index in [9.17, 15) is 9.90 Å². The van der Waals surface area contributed by atoms with Crippen molar-refractivity contribution >= 4 is 5.97 Å². The number of carboxylic acids is 1. The van der Waals surface area contributed by atoms with E-state index in [-0.39, 0.29) is 13.0 Å². The zero-order valence-electron chi connectivity index (χ0n) is 8.90. The van der Waals surface area contributed by atoms with E-state index >= 15 is 0 Å². The highest BCUT2D eigenvalue weighted by Crippen LogP contribution is 2.41. The molecule has 86 valence electrons. The highest BCUT2D eigenvalue weighted by molar-refractivity contribution is 5.82. The van der Waals surface area contributed by atoms with Crippen LogP contribution in [0.25, 0.3) is 0 Å². The molecule has 3 N–H and O–H groups in total. The number of aliphatic carboxylic acids is 1. The van der Waals surface area contributed by atoms with Crippen molar-refractivity contribution < 1.29 is 19.4 Å². The normalized spacial score (nSPS) is 23.1. The summed E-state index contributed by atoms with van der Waals surface area (Å²) in [5.41, 5.74) is 4.98. The van der Waals surface area contributed by atoms with Gasteiger partial charge in [-0.25, -0.2) is 4.79 Å². The van der Waals surface area contributed by atoms with Crippen LogP contribution in [0, 0.1) is 0 Å². The Morgan fingerprint density at radius 2 is 2.38 bits per heavy atom. The molecule has 0 radical (unpaired) electrons. The summed E-state index contributed by atoms with van der Waals surface area (Å²) in [4.78, 5) is 11.2. The van der Waals surface area contributed by atoms with Crippen LogP contribution in [-0.4, -0.2) is 24.8 Å². The van der Waals surface area contributed by atoms with Gasteiger partial charge in [0.1, 0.15) is 5.54 Å². The maximum absolute atomic E-state index is 11.2. The van der Waals surface area contributed by atoms with Gasteiger partial charge < -0.3 is 20.3 Å². The first-order valence-electron chi connectivity index (χ1n) is 4.92. The molecule has 0 saturated heterocycles. The fourth-order valence-electron chi connectivity index (χ4n) is 1.85. The van der Waals surface area contributed by atoms with Gasteiger partial charge in [-0.05, 0) is 6.07 Å². The summed E-state index contributed by atoms with van der Waals surface area (Å²) >= 11 is 0. The van der Waals surface area contributed by atoms with Gasteiger partial charge in [-0.1, -0.05) is 12.1 Å². The highest BCUT2D eigenvalue weighted by atomic mass is 16.5. The van der Waals surface area contributed by atoms with Crippen LogP contribution in [-0.2, 0) is 10.3 Å². The zero-order chi connectivity index (χ0) is 11.8. The molecule has 2 rings (SSSR count). The van der Waals surface area contributed by atoms with Crippen LogP contribution in [0.5, 0.6) is 11.5 Å². The standard InChI is InChI=1S/C11H13NO4/c1-15-8-4-2-3-7-9(8)16-6-5-11(7,12)10(13)14/h2-4H,5-6,12H2,1H3,(H,13,14). The van der Waals surface area contributed by atoms with Crippen LogP contribution in [0.15, 0.2) is 18.2 Å². The molecule has 0 bridgehead atoms. The lowest BCUT2D eigenvalue weighted by Crippen LogP contribution is -2.48. The predicted octanol–water partition coefficient (Wildman–Crippen LogP) is 0.716. The second-order valence-electron chi connectivity index (χ2n) is 3.71. The molecule has 0 aromatic heterocycles. The largest absolute Gasteiger partial charge is 0.493 e. The Kier molecular flexibility index (Phi) is 2.47. The van der Waals surface area contributed by atoms with Crippen LogP contribution in [0.4, 0.5) is 0 Å². The van der Waals surface area contributed by atoms with Crippen molar-refractivity contribution in [2.24, 2.45) is 5.73 Å². The van der Waals surface area contributed by atoms with Gasteiger partial charge >= 0.3 is 5.97 Å². The van der Waals surface area contributed by atoms with Crippen LogP contribution in [0.1, 0.15) is 12.0 Å². The molecule has 0 spiro atoms.